The number of carbonyl (C=O) groups is 1. The van der Waals surface area contributed by atoms with Gasteiger partial charge in [-0.25, -0.2) is 0 Å². The van der Waals surface area contributed by atoms with E-state index in [0.717, 1.165) is 30.0 Å². The zero-order valence-corrected chi connectivity index (χ0v) is 16.6. The van der Waals surface area contributed by atoms with E-state index in [1.54, 1.807) is 0 Å². The summed E-state index contributed by atoms with van der Waals surface area (Å²) >= 11 is 0. The Balaban J connectivity index is 1.72. The highest BCUT2D eigenvalue weighted by molar-refractivity contribution is 5.92. The molecule has 0 aliphatic rings. The number of benzene rings is 2. The molecule has 0 aromatic heterocycles. The number of quaternary nitrogens is 1. The monoisotopic (exact) mass is 355 g/mol. The van der Waals surface area contributed by atoms with Crippen LogP contribution < -0.4 is 15.0 Å². The summed E-state index contributed by atoms with van der Waals surface area (Å²) in [5.41, 5.74) is 5.64. The van der Waals surface area contributed by atoms with E-state index in [0.29, 0.717) is 13.2 Å². The van der Waals surface area contributed by atoms with E-state index in [9.17, 15) is 4.79 Å². The third-order valence-corrected chi connectivity index (χ3v) is 4.55. The van der Waals surface area contributed by atoms with Crippen molar-refractivity contribution in [2.45, 2.75) is 34.1 Å². The van der Waals surface area contributed by atoms with Crippen LogP contribution in [0.2, 0.25) is 0 Å². The molecular weight excluding hydrogens is 324 g/mol. The van der Waals surface area contributed by atoms with Gasteiger partial charge in [-0.1, -0.05) is 18.2 Å². The lowest BCUT2D eigenvalue weighted by molar-refractivity contribution is -0.871. The van der Waals surface area contributed by atoms with Crippen molar-refractivity contribution in [3.63, 3.8) is 0 Å². The number of nitrogens with one attached hydrogen (secondary N) is 2. The summed E-state index contributed by atoms with van der Waals surface area (Å²) in [5, 5.41) is 3.02. The van der Waals surface area contributed by atoms with E-state index in [1.165, 1.54) is 21.6 Å². The van der Waals surface area contributed by atoms with Crippen molar-refractivity contribution in [3.05, 3.63) is 58.7 Å². The van der Waals surface area contributed by atoms with Crippen LogP contribution in [0.15, 0.2) is 36.4 Å². The topological polar surface area (TPSA) is 42.8 Å². The molecule has 2 N–H and O–H groups in total. The molecule has 26 heavy (non-hydrogen) atoms. The van der Waals surface area contributed by atoms with Crippen molar-refractivity contribution in [1.29, 1.82) is 0 Å². The molecule has 0 aliphatic heterocycles. The van der Waals surface area contributed by atoms with Crippen LogP contribution in [0.4, 0.5) is 5.69 Å². The largest absolute Gasteiger partial charge is 0.493 e. The lowest BCUT2D eigenvalue weighted by atomic mass is 10.1. The summed E-state index contributed by atoms with van der Waals surface area (Å²) in [4.78, 5) is 13.4. The van der Waals surface area contributed by atoms with Crippen LogP contribution in [0.5, 0.6) is 5.75 Å². The van der Waals surface area contributed by atoms with Gasteiger partial charge in [0.15, 0.2) is 6.54 Å². The van der Waals surface area contributed by atoms with E-state index in [2.05, 4.69) is 50.4 Å². The second-order valence-corrected chi connectivity index (χ2v) is 7.20. The molecule has 1 amide bonds. The van der Waals surface area contributed by atoms with Crippen molar-refractivity contribution < 1.29 is 14.4 Å². The van der Waals surface area contributed by atoms with Gasteiger partial charge in [0.05, 0.1) is 20.2 Å². The molecule has 4 heteroatoms. The first-order valence-electron chi connectivity index (χ1n) is 9.23. The summed E-state index contributed by atoms with van der Waals surface area (Å²) in [7, 11) is 2.04. The molecule has 2 aromatic carbocycles. The Kier molecular flexibility index (Phi) is 7.22. The zero-order valence-electron chi connectivity index (χ0n) is 16.6. The van der Waals surface area contributed by atoms with Crippen molar-refractivity contribution in [2.75, 3.05) is 32.1 Å². The third-order valence-electron chi connectivity index (χ3n) is 4.55. The van der Waals surface area contributed by atoms with Crippen molar-refractivity contribution in [2.24, 2.45) is 0 Å². The number of amides is 1. The van der Waals surface area contributed by atoms with Gasteiger partial charge in [0.2, 0.25) is 0 Å². The number of ether oxygens (including phenoxy) is 1. The molecule has 1 unspecified atom stereocenters. The van der Waals surface area contributed by atoms with Gasteiger partial charge < -0.3 is 15.0 Å². The van der Waals surface area contributed by atoms with E-state index in [-0.39, 0.29) is 5.91 Å². The molecule has 0 spiro atoms. The highest BCUT2D eigenvalue weighted by Crippen LogP contribution is 2.17. The molecule has 0 bridgehead atoms. The maximum Gasteiger partial charge on any atom is 0.279 e. The molecule has 0 radical (unpaired) electrons. The minimum absolute atomic E-state index is 0.0476. The van der Waals surface area contributed by atoms with Crippen molar-refractivity contribution in [1.82, 2.24) is 0 Å². The van der Waals surface area contributed by atoms with Crippen LogP contribution in [0.1, 0.15) is 28.7 Å². The number of hydrogen-bond donors (Lipinski definition) is 2. The lowest BCUT2D eigenvalue weighted by Crippen LogP contribution is -3.10. The average molecular weight is 356 g/mol. The number of anilines is 1. The van der Waals surface area contributed by atoms with Crippen molar-refractivity contribution >= 4 is 11.6 Å². The zero-order chi connectivity index (χ0) is 19.1. The summed E-state index contributed by atoms with van der Waals surface area (Å²) in [6.45, 7) is 10.3. The summed E-state index contributed by atoms with van der Waals surface area (Å²) in [5.74, 6) is 0.972. The minimum atomic E-state index is 0.0476. The predicted molar refractivity (Wildman–Crippen MR) is 107 cm³/mol. The Morgan fingerprint density at radius 2 is 1.77 bits per heavy atom. The molecule has 4 nitrogen and oxygen atoms in total. The first kappa shape index (κ1) is 20.0. The standard InChI is InChI=1S/C22H30N2O2/c1-16-12-17(2)14-20(13-16)26-11-7-10-24(5)15-22(25)23-21-9-6-8-18(3)19(21)4/h6,8-9,12-14H,7,10-11,15H2,1-5H3,(H,23,25)/p+1. The maximum atomic E-state index is 12.3. The highest BCUT2D eigenvalue weighted by atomic mass is 16.5. The Hall–Kier alpha value is -2.33. The van der Waals surface area contributed by atoms with Gasteiger partial charge in [-0.2, -0.15) is 0 Å². The number of hydrogen-bond acceptors (Lipinski definition) is 2. The first-order chi connectivity index (χ1) is 12.3. The Labute approximate surface area is 157 Å². The number of likely N-dealkylation sites (N-methyl/N-ethyl adjacent to an activating group) is 1. The average Bonchev–Trinajstić information content (AvgIpc) is 2.55. The van der Waals surface area contributed by atoms with E-state index in [4.69, 9.17) is 4.74 Å². The summed E-state index contributed by atoms with van der Waals surface area (Å²) in [6, 6.07) is 12.2. The predicted octanol–water partition coefficient (Wildman–Crippen LogP) is 2.84. The molecule has 0 fully saturated rings. The van der Waals surface area contributed by atoms with E-state index in [1.807, 2.05) is 26.1 Å². The van der Waals surface area contributed by atoms with Gasteiger partial charge in [0, 0.05) is 12.1 Å². The minimum Gasteiger partial charge on any atom is -0.493 e. The first-order valence-corrected chi connectivity index (χ1v) is 9.23. The third kappa shape index (κ3) is 6.19. The second-order valence-electron chi connectivity index (χ2n) is 7.20. The molecular formula is C22H31N2O2+. The molecule has 1 atom stereocenters. The van der Waals surface area contributed by atoms with Gasteiger partial charge in [0.1, 0.15) is 5.75 Å². The van der Waals surface area contributed by atoms with Crippen LogP contribution in [-0.4, -0.2) is 32.7 Å². The van der Waals surface area contributed by atoms with Crippen LogP contribution in [0, 0.1) is 27.7 Å². The number of carbonyl (C=O) groups excluding carboxylic acids is 1. The quantitative estimate of drug-likeness (QED) is 0.715. The maximum absolute atomic E-state index is 12.3. The van der Waals surface area contributed by atoms with Gasteiger partial charge >= 0.3 is 0 Å². The van der Waals surface area contributed by atoms with Crippen LogP contribution >= 0.6 is 0 Å². The smallest absolute Gasteiger partial charge is 0.279 e. The van der Waals surface area contributed by atoms with Crippen LogP contribution in [-0.2, 0) is 4.79 Å². The van der Waals surface area contributed by atoms with Gasteiger partial charge in [-0.15, -0.1) is 0 Å². The van der Waals surface area contributed by atoms with Crippen LogP contribution in [0.3, 0.4) is 0 Å². The number of aryl methyl sites for hydroxylation is 3. The molecule has 140 valence electrons. The van der Waals surface area contributed by atoms with Crippen LogP contribution in [0.25, 0.3) is 0 Å². The molecule has 0 saturated carbocycles. The lowest BCUT2D eigenvalue weighted by Gasteiger charge is -2.15. The fraction of sp³-hybridized carbons (Fsp3) is 0.409. The molecule has 0 saturated heterocycles. The number of rotatable bonds is 8. The Morgan fingerprint density at radius 3 is 2.46 bits per heavy atom. The summed E-state index contributed by atoms with van der Waals surface area (Å²) < 4.78 is 5.83. The SMILES string of the molecule is Cc1cc(C)cc(OCCC[NH+](C)CC(=O)Nc2cccc(C)c2C)c1. The fourth-order valence-electron chi connectivity index (χ4n) is 3.02. The Morgan fingerprint density at radius 1 is 1.08 bits per heavy atom. The van der Waals surface area contributed by atoms with E-state index >= 15 is 0 Å². The van der Waals surface area contributed by atoms with E-state index < -0.39 is 0 Å². The Bertz CT molecular complexity index is 736. The summed E-state index contributed by atoms with van der Waals surface area (Å²) in [6.07, 6.45) is 0.912. The highest BCUT2D eigenvalue weighted by Gasteiger charge is 2.11. The molecule has 2 aromatic rings. The molecule has 0 aliphatic carbocycles. The van der Waals surface area contributed by atoms with Gasteiger partial charge in [0.25, 0.3) is 5.91 Å². The van der Waals surface area contributed by atoms with Gasteiger partial charge in [-0.3, -0.25) is 4.79 Å². The van der Waals surface area contributed by atoms with Crippen molar-refractivity contribution in [3.8, 4) is 5.75 Å². The second kappa shape index (κ2) is 9.39. The fourth-order valence-corrected chi connectivity index (χ4v) is 3.02. The molecule has 2 rings (SSSR count). The molecule has 0 heterocycles. The van der Waals surface area contributed by atoms with Gasteiger partial charge in [-0.05, 0) is 68.1 Å². The normalized spacial score (nSPS) is 11.9.